The molecule has 7 nitrogen and oxygen atoms in total. The average Bonchev–Trinajstić information content (AvgIpc) is 2.53. The Morgan fingerprint density at radius 1 is 0.696 bits per heavy atom. The number of carbonyl (C=O) groups excluding carboxylic acids is 2. The molecule has 0 saturated carbocycles. The van der Waals surface area contributed by atoms with Gasteiger partial charge in [-0.15, -0.1) is 0 Å². The fourth-order valence-corrected chi connectivity index (χ4v) is 1.31. The minimum Gasteiger partial charge on any atom is -0.463 e. The molecule has 0 unspecified atom stereocenters. The smallest absolute Gasteiger partial charge is 0.335 e. The summed E-state index contributed by atoms with van der Waals surface area (Å²) in [4.78, 5) is 22.5. The first-order valence-electron chi connectivity index (χ1n) is 7.45. The third-order valence-corrected chi connectivity index (χ3v) is 2.42. The van der Waals surface area contributed by atoms with Crippen LogP contribution in [0.5, 0.6) is 0 Å². The van der Waals surface area contributed by atoms with Gasteiger partial charge in [0.25, 0.3) is 0 Å². The lowest BCUT2D eigenvalue weighted by atomic mass is 10.3. The van der Waals surface area contributed by atoms with Crippen molar-refractivity contribution in [3.63, 3.8) is 0 Å². The summed E-state index contributed by atoms with van der Waals surface area (Å²) >= 11 is 0. The third kappa shape index (κ3) is 11.5. The Morgan fingerprint density at radius 3 is 1.39 bits per heavy atom. The summed E-state index contributed by atoms with van der Waals surface area (Å²) in [5.41, 5.74) is 0.542. The number of carbonyl (C=O) groups is 2. The van der Waals surface area contributed by atoms with Crippen LogP contribution in [0, 0.1) is 0 Å². The van der Waals surface area contributed by atoms with Crippen LogP contribution in [0.4, 0.5) is 0 Å². The van der Waals surface area contributed by atoms with Crippen LogP contribution < -0.4 is 0 Å². The lowest BCUT2D eigenvalue weighted by Crippen LogP contribution is -2.15. The Labute approximate surface area is 137 Å². The molecule has 0 aromatic heterocycles. The van der Waals surface area contributed by atoms with Gasteiger partial charge in [0.05, 0.1) is 64.0 Å². The second kappa shape index (κ2) is 13.9. The van der Waals surface area contributed by atoms with Crippen molar-refractivity contribution in [3.05, 3.63) is 24.3 Å². The predicted octanol–water partition coefficient (Wildman–Crippen LogP) is 1.27. The molecule has 0 heterocycles. The van der Waals surface area contributed by atoms with E-state index in [1.807, 2.05) is 0 Å². The minimum atomic E-state index is -0.455. The summed E-state index contributed by atoms with van der Waals surface area (Å²) in [5, 5.41) is 0. The van der Waals surface area contributed by atoms with Crippen molar-refractivity contribution in [2.24, 2.45) is 0 Å². The van der Waals surface area contributed by atoms with E-state index in [-0.39, 0.29) is 24.4 Å². The molecule has 0 aliphatic rings. The van der Waals surface area contributed by atoms with Gasteiger partial charge in [0.1, 0.15) is 0 Å². The Morgan fingerprint density at radius 2 is 1.04 bits per heavy atom. The van der Waals surface area contributed by atoms with Crippen LogP contribution >= 0.6 is 0 Å². The molecular weight excluding hydrogens is 304 g/mol. The zero-order chi connectivity index (χ0) is 17.5. The maximum absolute atomic E-state index is 11.2. The van der Waals surface area contributed by atoms with E-state index in [9.17, 15) is 9.59 Å². The quantitative estimate of drug-likeness (QED) is 0.269. The normalized spacial score (nSPS) is 10.2. The molecule has 23 heavy (non-hydrogen) atoms. The van der Waals surface area contributed by atoms with Gasteiger partial charge in [-0.05, 0) is 13.8 Å². The van der Waals surface area contributed by atoms with Crippen molar-refractivity contribution >= 4 is 11.9 Å². The van der Waals surface area contributed by atoms with Gasteiger partial charge >= 0.3 is 11.9 Å². The first-order chi connectivity index (χ1) is 11.0. The van der Waals surface area contributed by atoms with Crippen LogP contribution in [0.15, 0.2) is 24.3 Å². The zero-order valence-corrected chi connectivity index (χ0v) is 13.9. The van der Waals surface area contributed by atoms with Crippen molar-refractivity contribution in [2.75, 3.05) is 52.9 Å². The van der Waals surface area contributed by atoms with E-state index in [0.717, 1.165) is 0 Å². The highest BCUT2D eigenvalue weighted by Crippen LogP contribution is 1.97. The van der Waals surface area contributed by atoms with Crippen LogP contribution in [-0.2, 0) is 33.3 Å². The molecular formula is C16H26O7. The van der Waals surface area contributed by atoms with Crippen LogP contribution in [0.2, 0.25) is 0 Å². The summed E-state index contributed by atoms with van der Waals surface area (Å²) < 4.78 is 25.3. The average molecular weight is 330 g/mol. The zero-order valence-electron chi connectivity index (χ0n) is 13.9. The highest BCUT2D eigenvalue weighted by molar-refractivity contribution is 5.88. The van der Waals surface area contributed by atoms with Crippen LogP contribution in [-0.4, -0.2) is 64.8 Å². The molecule has 0 radical (unpaired) electrons. The fraction of sp³-hybridized carbons (Fsp3) is 0.625. The van der Waals surface area contributed by atoms with Gasteiger partial charge in [-0.2, -0.15) is 0 Å². The van der Waals surface area contributed by atoms with E-state index in [0.29, 0.717) is 39.6 Å². The van der Waals surface area contributed by atoms with Crippen molar-refractivity contribution < 1.29 is 33.3 Å². The molecule has 0 fully saturated rings. The highest BCUT2D eigenvalue weighted by Gasteiger charge is 2.08. The molecule has 0 N–H and O–H groups in total. The van der Waals surface area contributed by atoms with Gasteiger partial charge in [-0.3, -0.25) is 0 Å². The van der Waals surface area contributed by atoms with E-state index in [2.05, 4.69) is 13.2 Å². The first kappa shape index (κ1) is 21.3. The maximum atomic E-state index is 11.2. The van der Waals surface area contributed by atoms with Gasteiger partial charge in [-0.25, -0.2) is 9.59 Å². The van der Waals surface area contributed by atoms with E-state index < -0.39 is 11.9 Å². The van der Waals surface area contributed by atoms with Crippen molar-refractivity contribution in [1.82, 2.24) is 0 Å². The molecule has 0 spiro atoms. The Kier molecular flexibility index (Phi) is 12.9. The molecule has 0 amide bonds. The monoisotopic (exact) mass is 330 g/mol. The fourth-order valence-electron chi connectivity index (χ4n) is 1.31. The number of esters is 2. The topological polar surface area (TPSA) is 80.3 Å². The van der Waals surface area contributed by atoms with E-state index in [1.165, 1.54) is 0 Å². The molecule has 7 heteroatoms. The highest BCUT2D eigenvalue weighted by atomic mass is 16.6. The largest absolute Gasteiger partial charge is 0.463 e. The SMILES string of the molecule is C=C(COCCOCCOCC(=C)C(=O)OCC)C(=O)OCC. The van der Waals surface area contributed by atoms with Gasteiger partial charge < -0.3 is 23.7 Å². The summed E-state index contributed by atoms with van der Waals surface area (Å²) in [7, 11) is 0. The van der Waals surface area contributed by atoms with Crippen molar-refractivity contribution in [3.8, 4) is 0 Å². The summed E-state index contributed by atoms with van der Waals surface area (Å²) in [6.45, 7) is 12.8. The lowest BCUT2D eigenvalue weighted by Gasteiger charge is -2.08. The first-order valence-corrected chi connectivity index (χ1v) is 7.45. The van der Waals surface area contributed by atoms with Gasteiger partial charge in [0.15, 0.2) is 0 Å². The van der Waals surface area contributed by atoms with Gasteiger partial charge in [-0.1, -0.05) is 13.2 Å². The molecule has 0 saturated heterocycles. The molecule has 0 atom stereocenters. The molecule has 0 aromatic rings. The minimum absolute atomic E-state index is 0.109. The molecule has 132 valence electrons. The van der Waals surface area contributed by atoms with Crippen molar-refractivity contribution in [1.29, 1.82) is 0 Å². The lowest BCUT2D eigenvalue weighted by molar-refractivity contribution is -0.140. The summed E-state index contributed by atoms with van der Waals surface area (Å²) in [6.07, 6.45) is 0. The summed E-state index contributed by atoms with van der Waals surface area (Å²) in [5.74, 6) is -0.910. The molecule has 0 rings (SSSR count). The standard InChI is InChI=1S/C16H26O7/c1-5-22-15(17)13(3)11-20-9-7-19-8-10-21-12-14(4)16(18)23-6-2/h3-12H2,1-2H3. The molecule has 0 aliphatic heterocycles. The maximum Gasteiger partial charge on any atom is 0.335 e. The number of ether oxygens (including phenoxy) is 5. The van der Waals surface area contributed by atoms with Crippen LogP contribution in [0.25, 0.3) is 0 Å². The predicted molar refractivity (Wildman–Crippen MR) is 84.0 cm³/mol. The van der Waals surface area contributed by atoms with E-state index in [1.54, 1.807) is 13.8 Å². The molecule has 0 aromatic carbocycles. The Balaban J connectivity index is 3.43. The van der Waals surface area contributed by atoms with E-state index in [4.69, 9.17) is 23.7 Å². The second-order valence-corrected chi connectivity index (χ2v) is 4.37. The van der Waals surface area contributed by atoms with Crippen LogP contribution in [0.1, 0.15) is 13.8 Å². The summed E-state index contributed by atoms with van der Waals surface area (Å²) in [6, 6.07) is 0. The van der Waals surface area contributed by atoms with Crippen molar-refractivity contribution in [2.45, 2.75) is 13.8 Å². The number of rotatable bonds is 14. The van der Waals surface area contributed by atoms with Gasteiger partial charge in [0, 0.05) is 0 Å². The second-order valence-electron chi connectivity index (χ2n) is 4.37. The molecule has 0 bridgehead atoms. The van der Waals surface area contributed by atoms with Gasteiger partial charge in [0.2, 0.25) is 0 Å². The van der Waals surface area contributed by atoms with Crippen LogP contribution in [0.3, 0.4) is 0 Å². The number of hydrogen-bond acceptors (Lipinski definition) is 7. The Hall–Kier alpha value is -1.70. The third-order valence-electron chi connectivity index (χ3n) is 2.42. The Bertz CT molecular complexity index is 354. The number of hydrogen-bond donors (Lipinski definition) is 0. The van der Waals surface area contributed by atoms with E-state index >= 15 is 0 Å². The molecule has 0 aliphatic carbocycles.